The number of hydrogen-bond acceptors (Lipinski definition) is 13. The molecule has 4 fully saturated rings. The van der Waals surface area contributed by atoms with Crippen LogP contribution in [0, 0.1) is 0 Å². The number of thioether (sulfide) groups is 1. The molecule has 0 bridgehead atoms. The van der Waals surface area contributed by atoms with E-state index in [0.29, 0.717) is 5.75 Å². The van der Waals surface area contributed by atoms with Crippen LogP contribution in [0.1, 0.15) is 44.5 Å². The highest BCUT2D eigenvalue weighted by Gasteiger charge is 2.57. The average molecular weight is 647 g/mol. The molecule has 4 heterocycles. The molecule has 0 amide bonds. The topological polar surface area (TPSA) is 137 Å². The monoisotopic (exact) mass is 646 g/mol. The van der Waals surface area contributed by atoms with E-state index in [0.717, 1.165) is 11.1 Å². The molecular weight excluding hydrogens is 608 g/mol. The fourth-order valence-electron chi connectivity index (χ4n) is 6.02. The summed E-state index contributed by atoms with van der Waals surface area (Å²) in [5.41, 5.74) is 0.929. The van der Waals surface area contributed by atoms with E-state index < -0.39 is 85.1 Å². The Labute approximate surface area is 265 Å². The average Bonchev–Trinajstić information content (AvgIpc) is 3.04. The van der Waals surface area contributed by atoms with Crippen molar-refractivity contribution in [2.75, 3.05) is 19.0 Å². The van der Waals surface area contributed by atoms with Crippen LogP contribution in [-0.4, -0.2) is 96.6 Å². The number of carbonyl (C=O) groups excluding carboxylic acids is 2. The molecule has 13 heteroatoms. The predicted molar refractivity (Wildman–Crippen MR) is 157 cm³/mol. The van der Waals surface area contributed by atoms with Gasteiger partial charge in [-0.15, -0.1) is 11.8 Å². The second-order valence-electron chi connectivity index (χ2n) is 11.1. The van der Waals surface area contributed by atoms with Gasteiger partial charge >= 0.3 is 11.9 Å². The minimum atomic E-state index is -1.27. The molecule has 0 radical (unpaired) electrons. The van der Waals surface area contributed by atoms with Gasteiger partial charge in [0.2, 0.25) is 0 Å². The zero-order valence-corrected chi connectivity index (χ0v) is 26.0. The number of ether oxygens (including phenoxy) is 9. The molecule has 0 spiro atoms. The molecular formula is C32H38O12S. The summed E-state index contributed by atoms with van der Waals surface area (Å²) < 4.78 is 55.0. The Kier molecular flexibility index (Phi) is 10.4. The van der Waals surface area contributed by atoms with Crippen LogP contribution in [0.4, 0.5) is 0 Å². The van der Waals surface area contributed by atoms with Crippen molar-refractivity contribution in [3.63, 3.8) is 0 Å². The van der Waals surface area contributed by atoms with Gasteiger partial charge in [-0.25, -0.2) is 0 Å². The van der Waals surface area contributed by atoms with Crippen molar-refractivity contribution >= 4 is 23.7 Å². The van der Waals surface area contributed by atoms with Crippen LogP contribution in [0.2, 0.25) is 0 Å². The Hall–Kier alpha value is -2.59. The van der Waals surface area contributed by atoms with Crippen LogP contribution in [0.15, 0.2) is 60.7 Å². The van der Waals surface area contributed by atoms with E-state index in [9.17, 15) is 14.7 Å². The predicted octanol–water partition coefficient (Wildman–Crippen LogP) is 3.03. The van der Waals surface area contributed by atoms with E-state index in [-0.39, 0.29) is 13.2 Å². The van der Waals surface area contributed by atoms with Gasteiger partial charge in [-0.1, -0.05) is 67.6 Å². The molecule has 1 N–H and O–H groups in total. The molecule has 12 nitrogen and oxygen atoms in total. The van der Waals surface area contributed by atoms with Crippen molar-refractivity contribution in [2.45, 2.75) is 93.9 Å². The normalized spacial score (nSPS) is 38.0. The Balaban J connectivity index is 1.25. The smallest absolute Gasteiger partial charge is 0.303 e. The molecule has 4 aliphatic rings. The highest BCUT2D eigenvalue weighted by atomic mass is 32.2. The van der Waals surface area contributed by atoms with E-state index >= 15 is 0 Å². The van der Waals surface area contributed by atoms with E-state index in [1.807, 2.05) is 67.6 Å². The SMILES string of the molecule is CCS[C@@H]1O[C@@H]2COC(c3ccccc3)O[C@H]2[C@H](O)[C@H]1OC1O[C@@H]2COC(c3ccccc3)O[C@H]2[C@H](OC(C)=O)[C@H]1OC(C)=O. The lowest BCUT2D eigenvalue weighted by Gasteiger charge is -2.51. The summed E-state index contributed by atoms with van der Waals surface area (Å²) in [6, 6.07) is 18.7. The van der Waals surface area contributed by atoms with Crippen molar-refractivity contribution in [3.8, 4) is 0 Å². The summed E-state index contributed by atoms with van der Waals surface area (Å²) in [6.07, 6.45) is -10.2. The van der Waals surface area contributed by atoms with Crippen LogP contribution in [0.5, 0.6) is 0 Å². The van der Waals surface area contributed by atoms with Gasteiger partial charge in [-0.2, -0.15) is 0 Å². The van der Waals surface area contributed by atoms with Crippen molar-refractivity contribution < 1.29 is 57.3 Å². The number of hydrogen-bond donors (Lipinski definition) is 1. The van der Waals surface area contributed by atoms with Gasteiger partial charge in [-0.3, -0.25) is 9.59 Å². The Morgan fingerprint density at radius 2 is 1.29 bits per heavy atom. The third-order valence-electron chi connectivity index (χ3n) is 7.96. The summed E-state index contributed by atoms with van der Waals surface area (Å²) in [5, 5.41) is 11.7. The first-order valence-corrected chi connectivity index (χ1v) is 16.1. The molecule has 4 saturated heterocycles. The van der Waals surface area contributed by atoms with Crippen LogP contribution in [0.25, 0.3) is 0 Å². The Bertz CT molecular complexity index is 1280. The first-order chi connectivity index (χ1) is 21.8. The lowest BCUT2D eigenvalue weighted by atomic mass is 9.96. The lowest BCUT2D eigenvalue weighted by Crippen LogP contribution is -2.67. The fourth-order valence-corrected chi connectivity index (χ4v) is 6.99. The largest absolute Gasteiger partial charge is 0.455 e. The molecule has 4 aliphatic heterocycles. The van der Waals surface area contributed by atoms with Gasteiger partial charge in [0.15, 0.2) is 31.1 Å². The van der Waals surface area contributed by atoms with Gasteiger partial charge in [-0.05, 0) is 5.75 Å². The van der Waals surface area contributed by atoms with Crippen LogP contribution < -0.4 is 0 Å². The molecule has 0 aromatic heterocycles. The van der Waals surface area contributed by atoms with E-state index in [2.05, 4.69) is 0 Å². The Morgan fingerprint density at radius 3 is 1.84 bits per heavy atom. The maximum atomic E-state index is 12.4. The van der Waals surface area contributed by atoms with Gasteiger partial charge in [0.05, 0.1) is 13.2 Å². The number of rotatable bonds is 8. The summed E-state index contributed by atoms with van der Waals surface area (Å²) >= 11 is 1.44. The maximum Gasteiger partial charge on any atom is 0.303 e. The van der Waals surface area contributed by atoms with Crippen molar-refractivity contribution in [2.24, 2.45) is 0 Å². The number of esters is 2. The molecule has 3 unspecified atom stereocenters. The van der Waals surface area contributed by atoms with E-state index in [4.69, 9.17) is 42.6 Å². The third-order valence-corrected chi connectivity index (χ3v) is 9.00. The first kappa shape index (κ1) is 32.4. The summed E-state index contributed by atoms with van der Waals surface area (Å²) in [6.45, 7) is 4.75. The lowest BCUT2D eigenvalue weighted by molar-refractivity contribution is -0.383. The van der Waals surface area contributed by atoms with E-state index in [1.165, 1.54) is 25.6 Å². The zero-order chi connectivity index (χ0) is 31.5. The van der Waals surface area contributed by atoms with Crippen molar-refractivity contribution in [1.29, 1.82) is 0 Å². The van der Waals surface area contributed by atoms with Crippen molar-refractivity contribution in [1.82, 2.24) is 0 Å². The first-order valence-electron chi connectivity index (χ1n) is 15.1. The molecule has 12 atom stereocenters. The van der Waals surface area contributed by atoms with Crippen LogP contribution >= 0.6 is 11.8 Å². The quantitative estimate of drug-likeness (QED) is 0.421. The van der Waals surface area contributed by atoms with Crippen LogP contribution in [-0.2, 0) is 52.2 Å². The minimum absolute atomic E-state index is 0.0788. The van der Waals surface area contributed by atoms with Gasteiger partial charge in [0, 0.05) is 25.0 Å². The highest BCUT2D eigenvalue weighted by molar-refractivity contribution is 7.99. The van der Waals surface area contributed by atoms with Gasteiger partial charge in [0.1, 0.15) is 42.1 Å². The number of aliphatic hydroxyl groups excluding tert-OH is 1. The molecule has 0 aliphatic carbocycles. The second-order valence-corrected chi connectivity index (χ2v) is 12.5. The molecule has 6 rings (SSSR count). The van der Waals surface area contributed by atoms with Gasteiger partial charge in [0.25, 0.3) is 0 Å². The molecule has 0 saturated carbocycles. The second kappa shape index (κ2) is 14.4. The molecule has 45 heavy (non-hydrogen) atoms. The van der Waals surface area contributed by atoms with Crippen LogP contribution in [0.3, 0.4) is 0 Å². The number of fused-ring (bicyclic) bond motifs is 2. The van der Waals surface area contributed by atoms with Gasteiger partial charge < -0.3 is 47.7 Å². The summed E-state index contributed by atoms with van der Waals surface area (Å²) in [7, 11) is 0. The number of aliphatic hydroxyl groups is 1. The number of carbonyl (C=O) groups is 2. The molecule has 2 aromatic rings. The Morgan fingerprint density at radius 1 is 0.756 bits per heavy atom. The van der Waals surface area contributed by atoms with E-state index in [1.54, 1.807) is 0 Å². The minimum Gasteiger partial charge on any atom is -0.455 e. The summed E-state index contributed by atoms with van der Waals surface area (Å²) in [5.74, 6) is -0.586. The third kappa shape index (κ3) is 7.22. The standard InChI is InChI=1S/C32H38O12S/c1-4-45-32-26(23(35)24-21(41-32)15-36-29(42-24)19-11-7-5-8-12-19)44-31-28(39-18(3)34)27(38-17(2)33)25-22(40-31)16-37-30(43-25)20-13-9-6-10-14-20/h5-14,21-32,35H,4,15-16H2,1-3H3/t21-,22-,23+,24-,25-,26-,27+,28-,29?,30?,31?,32+/m1/s1. The number of benzene rings is 2. The van der Waals surface area contributed by atoms with Crippen molar-refractivity contribution in [3.05, 3.63) is 71.8 Å². The maximum absolute atomic E-state index is 12.4. The zero-order valence-electron chi connectivity index (χ0n) is 25.2. The fraction of sp³-hybridized carbons (Fsp3) is 0.562. The molecule has 2 aromatic carbocycles. The summed E-state index contributed by atoms with van der Waals surface area (Å²) in [4.78, 5) is 24.7. The molecule has 244 valence electrons. The highest BCUT2D eigenvalue weighted by Crippen LogP contribution is 2.41.